The minimum absolute atomic E-state index is 0.0152. The van der Waals surface area contributed by atoms with E-state index in [0.29, 0.717) is 5.75 Å². The third-order valence-electron chi connectivity index (χ3n) is 3.41. The summed E-state index contributed by atoms with van der Waals surface area (Å²) < 4.78 is 1.98. The average Bonchev–Trinajstić information content (AvgIpc) is 2.97. The van der Waals surface area contributed by atoms with E-state index in [2.05, 4.69) is 17.2 Å². The highest BCUT2D eigenvalue weighted by Crippen LogP contribution is 2.20. The van der Waals surface area contributed by atoms with Crippen molar-refractivity contribution in [3.8, 4) is 0 Å². The molecular formula is C17H17N3OS. The Morgan fingerprint density at radius 1 is 1.23 bits per heavy atom. The molecular weight excluding hydrogens is 294 g/mol. The highest BCUT2D eigenvalue weighted by molar-refractivity contribution is 7.99. The van der Waals surface area contributed by atoms with Gasteiger partial charge in [0.05, 0.1) is 17.5 Å². The number of thioether (sulfide) groups is 1. The maximum atomic E-state index is 12.1. The van der Waals surface area contributed by atoms with Gasteiger partial charge in [-0.2, -0.15) is 0 Å². The van der Waals surface area contributed by atoms with E-state index >= 15 is 0 Å². The first-order chi connectivity index (χ1) is 10.8. The zero-order chi connectivity index (χ0) is 15.4. The molecule has 1 amide bonds. The number of benzene rings is 1. The molecule has 0 radical (unpaired) electrons. The summed E-state index contributed by atoms with van der Waals surface area (Å²) >= 11 is 1.44. The molecule has 0 fully saturated rings. The van der Waals surface area contributed by atoms with E-state index in [0.717, 1.165) is 28.3 Å². The minimum atomic E-state index is -0.0152. The monoisotopic (exact) mass is 311 g/mol. The molecule has 22 heavy (non-hydrogen) atoms. The largest absolute Gasteiger partial charge is 0.325 e. The number of carbonyl (C=O) groups is 1. The van der Waals surface area contributed by atoms with Gasteiger partial charge in [-0.3, -0.25) is 9.20 Å². The van der Waals surface area contributed by atoms with Gasteiger partial charge in [-0.05, 0) is 30.2 Å². The quantitative estimate of drug-likeness (QED) is 0.732. The van der Waals surface area contributed by atoms with Crippen molar-refractivity contribution in [1.82, 2.24) is 9.38 Å². The number of aromatic nitrogens is 2. The van der Waals surface area contributed by atoms with Gasteiger partial charge in [0.25, 0.3) is 0 Å². The number of nitrogens with zero attached hydrogens (tertiary/aromatic N) is 2. The normalized spacial score (nSPS) is 10.8. The molecule has 0 saturated carbocycles. The van der Waals surface area contributed by atoms with Crippen LogP contribution < -0.4 is 5.32 Å². The number of hydrogen-bond acceptors (Lipinski definition) is 3. The Morgan fingerprint density at radius 2 is 2.05 bits per heavy atom. The van der Waals surface area contributed by atoms with Crippen molar-refractivity contribution in [2.75, 3.05) is 11.1 Å². The van der Waals surface area contributed by atoms with Crippen molar-refractivity contribution in [3.05, 3.63) is 60.4 Å². The van der Waals surface area contributed by atoms with Crippen LogP contribution in [0, 0.1) is 0 Å². The van der Waals surface area contributed by atoms with Crippen LogP contribution in [-0.4, -0.2) is 21.0 Å². The molecule has 4 nitrogen and oxygen atoms in total. The molecule has 2 heterocycles. The molecule has 5 heteroatoms. The third-order valence-corrected chi connectivity index (χ3v) is 4.38. The predicted molar refractivity (Wildman–Crippen MR) is 90.4 cm³/mol. The van der Waals surface area contributed by atoms with Gasteiger partial charge in [0.2, 0.25) is 5.91 Å². The zero-order valence-corrected chi connectivity index (χ0v) is 13.1. The van der Waals surface area contributed by atoms with E-state index in [1.165, 1.54) is 11.8 Å². The second kappa shape index (κ2) is 6.66. The van der Waals surface area contributed by atoms with Crippen LogP contribution in [0.2, 0.25) is 0 Å². The maximum Gasteiger partial charge on any atom is 0.234 e. The number of carbonyl (C=O) groups excluding carboxylic acids is 1. The van der Waals surface area contributed by atoms with Crippen LogP contribution in [0.25, 0.3) is 5.52 Å². The van der Waals surface area contributed by atoms with Gasteiger partial charge in [0.15, 0.2) is 5.16 Å². The van der Waals surface area contributed by atoms with E-state index in [9.17, 15) is 4.79 Å². The predicted octanol–water partition coefficient (Wildman–Crippen LogP) is 3.63. The number of rotatable bonds is 5. The number of anilines is 1. The summed E-state index contributed by atoms with van der Waals surface area (Å²) in [6, 6.07) is 13.8. The summed E-state index contributed by atoms with van der Waals surface area (Å²) in [6.07, 6.45) is 4.66. The van der Waals surface area contributed by atoms with Crippen LogP contribution in [0.4, 0.5) is 5.69 Å². The minimum Gasteiger partial charge on any atom is -0.325 e. The maximum absolute atomic E-state index is 12.1. The number of nitrogens with one attached hydrogen (secondary N) is 1. The zero-order valence-electron chi connectivity index (χ0n) is 12.3. The fourth-order valence-electron chi connectivity index (χ4n) is 2.29. The molecule has 2 aromatic heterocycles. The van der Waals surface area contributed by atoms with Crippen molar-refractivity contribution in [1.29, 1.82) is 0 Å². The average molecular weight is 311 g/mol. The summed E-state index contributed by atoms with van der Waals surface area (Å²) in [4.78, 5) is 16.5. The molecule has 0 saturated heterocycles. The number of pyridine rings is 1. The van der Waals surface area contributed by atoms with E-state index in [-0.39, 0.29) is 5.91 Å². The van der Waals surface area contributed by atoms with Crippen LogP contribution in [0.5, 0.6) is 0 Å². The number of imidazole rings is 1. The molecule has 0 aliphatic heterocycles. The van der Waals surface area contributed by atoms with E-state index in [1.807, 2.05) is 59.3 Å². The number of hydrogen-bond donors (Lipinski definition) is 1. The Balaban J connectivity index is 1.65. The molecule has 3 aromatic rings. The molecule has 0 aliphatic rings. The SMILES string of the molecule is CCc1ccccc1NC(=O)CSc1ncc2ccccn12. The van der Waals surface area contributed by atoms with E-state index in [4.69, 9.17) is 0 Å². The van der Waals surface area contributed by atoms with Crippen molar-refractivity contribution >= 4 is 28.9 Å². The smallest absolute Gasteiger partial charge is 0.234 e. The Bertz CT molecular complexity index is 797. The van der Waals surface area contributed by atoms with Crippen LogP contribution in [0.1, 0.15) is 12.5 Å². The Kier molecular flexibility index (Phi) is 4.44. The van der Waals surface area contributed by atoms with Crippen molar-refractivity contribution < 1.29 is 4.79 Å². The molecule has 1 N–H and O–H groups in total. The summed E-state index contributed by atoms with van der Waals surface area (Å²) in [6.45, 7) is 2.08. The lowest BCUT2D eigenvalue weighted by Crippen LogP contribution is -2.15. The fourth-order valence-corrected chi connectivity index (χ4v) is 3.06. The first kappa shape index (κ1) is 14.7. The number of para-hydroxylation sites is 1. The lowest BCUT2D eigenvalue weighted by molar-refractivity contribution is -0.113. The van der Waals surface area contributed by atoms with Crippen LogP contribution in [0.15, 0.2) is 60.0 Å². The first-order valence-electron chi connectivity index (χ1n) is 7.20. The van der Waals surface area contributed by atoms with Crippen LogP contribution in [0.3, 0.4) is 0 Å². The van der Waals surface area contributed by atoms with Crippen molar-refractivity contribution in [2.45, 2.75) is 18.5 Å². The van der Waals surface area contributed by atoms with Crippen LogP contribution in [-0.2, 0) is 11.2 Å². The second-order valence-electron chi connectivity index (χ2n) is 4.88. The molecule has 0 spiro atoms. The molecule has 0 unspecified atom stereocenters. The van der Waals surface area contributed by atoms with Gasteiger partial charge >= 0.3 is 0 Å². The summed E-state index contributed by atoms with van der Waals surface area (Å²) in [5, 5.41) is 3.80. The lowest BCUT2D eigenvalue weighted by Gasteiger charge is -2.09. The summed E-state index contributed by atoms with van der Waals surface area (Å²) in [5.41, 5.74) is 3.07. The number of fused-ring (bicyclic) bond motifs is 1. The molecule has 0 atom stereocenters. The molecule has 1 aromatic carbocycles. The van der Waals surface area contributed by atoms with Gasteiger partial charge in [-0.1, -0.05) is 43.0 Å². The summed E-state index contributed by atoms with van der Waals surface area (Å²) in [5.74, 6) is 0.324. The third kappa shape index (κ3) is 3.14. The Hall–Kier alpha value is -2.27. The molecule has 0 aliphatic carbocycles. The van der Waals surface area contributed by atoms with Crippen molar-refractivity contribution in [3.63, 3.8) is 0 Å². The lowest BCUT2D eigenvalue weighted by atomic mass is 10.1. The highest BCUT2D eigenvalue weighted by Gasteiger charge is 2.09. The molecule has 0 bridgehead atoms. The van der Waals surface area contributed by atoms with Gasteiger partial charge in [-0.15, -0.1) is 0 Å². The van der Waals surface area contributed by atoms with Gasteiger partial charge in [-0.25, -0.2) is 4.98 Å². The van der Waals surface area contributed by atoms with E-state index < -0.39 is 0 Å². The van der Waals surface area contributed by atoms with Crippen LogP contribution >= 0.6 is 11.8 Å². The molecule has 3 rings (SSSR count). The summed E-state index contributed by atoms with van der Waals surface area (Å²) in [7, 11) is 0. The first-order valence-corrected chi connectivity index (χ1v) is 8.19. The number of aryl methyl sites for hydroxylation is 1. The Morgan fingerprint density at radius 3 is 2.91 bits per heavy atom. The van der Waals surface area contributed by atoms with Gasteiger partial charge < -0.3 is 5.32 Å². The Labute approximate surface area is 133 Å². The number of amides is 1. The molecule has 112 valence electrons. The fraction of sp³-hybridized carbons (Fsp3) is 0.176. The second-order valence-corrected chi connectivity index (χ2v) is 5.83. The van der Waals surface area contributed by atoms with E-state index in [1.54, 1.807) is 0 Å². The van der Waals surface area contributed by atoms with Crippen molar-refractivity contribution in [2.24, 2.45) is 0 Å². The standard InChI is InChI=1S/C17H17N3OS/c1-2-13-7-3-4-9-15(13)19-16(21)12-22-17-18-11-14-8-5-6-10-20(14)17/h3-11H,2,12H2,1H3,(H,19,21). The van der Waals surface area contributed by atoms with Gasteiger partial charge in [0.1, 0.15) is 0 Å². The topological polar surface area (TPSA) is 46.4 Å². The highest BCUT2D eigenvalue weighted by atomic mass is 32.2. The van der Waals surface area contributed by atoms with Gasteiger partial charge in [0, 0.05) is 11.9 Å².